The van der Waals surface area contributed by atoms with Gasteiger partial charge in [-0.05, 0) is 31.9 Å². The molecule has 0 bridgehead atoms. The second-order valence-electron chi connectivity index (χ2n) is 4.30. The van der Waals surface area contributed by atoms with Gasteiger partial charge in [-0.15, -0.1) is 0 Å². The van der Waals surface area contributed by atoms with E-state index >= 15 is 0 Å². The van der Waals surface area contributed by atoms with Crippen LogP contribution in [-0.2, 0) is 6.54 Å². The first-order chi connectivity index (χ1) is 7.24. The highest BCUT2D eigenvalue weighted by molar-refractivity contribution is 9.09. The summed E-state index contributed by atoms with van der Waals surface area (Å²) in [6.45, 7) is 2.00. The zero-order valence-electron chi connectivity index (χ0n) is 8.93. The maximum atomic E-state index is 4.22. The number of hydrogen-bond acceptors (Lipinski definition) is 3. The molecule has 0 unspecified atom stereocenters. The molecule has 1 heterocycles. The first-order valence-electron chi connectivity index (χ1n) is 5.32. The first kappa shape index (κ1) is 11.0. The van der Waals surface area contributed by atoms with E-state index in [0.29, 0.717) is 0 Å². The monoisotopic (exact) mass is 269 g/mol. The minimum atomic E-state index is 0.754. The first-order valence-corrected chi connectivity index (χ1v) is 6.24. The van der Waals surface area contributed by atoms with E-state index in [9.17, 15) is 0 Å². The summed E-state index contributed by atoms with van der Waals surface area (Å²) in [5.74, 6) is 1.76. The predicted octanol–water partition coefficient (Wildman–Crippen LogP) is 2.08. The molecule has 15 heavy (non-hydrogen) atoms. The molecule has 2 rings (SSSR count). The summed E-state index contributed by atoms with van der Waals surface area (Å²) in [5.41, 5.74) is 0. The summed E-state index contributed by atoms with van der Waals surface area (Å²) >= 11 is 3.61. The van der Waals surface area contributed by atoms with E-state index in [1.807, 2.05) is 6.07 Å². The van der Waals surface area contributed by atoms with Gasteiger partial charge in [-0.3, -0.25) is 4.90 Å². The van der Waals surface area contributed by atoms with E-state index in [0.717, 1.165) is 29.7 Å². The maximum absolute atomic E-state index is 4.22. The maximum Gasteiger partial charge on any atom is 0.142 e. The van der Waals surface area contributed by atoms with Gasteiger partial charge >= 0.3 is 0 Å². The number of nitrogens with zero attached hydrogens (tertiary/aromatic N) is 3. The van der Waals surface area contributed by atoms with Crippen LogP contribution in [-0.4, -0.2) is 33.3 Å². The molecule has 0 radical (unpaired) electrons. The number of hydrogen-bond donors (Lipinski definition) is 0. The molecule has 0 saturated heterocycles. The molecule has 1 aromatic heterocycles. The van der Waals surface area contributed by atoms with E-state index in [-0.39, 0.29) is 0 Å². The Morgan fingerprint density at radius 1 is 1.40 bits per heavy atom. The van der Waals surface area contributed by atoms with Gasteiger partial charge in [0.2, 0.25) is 0 Å². The molecule has 3 nitrogen and oxygen atoms in total. The van der Waals surface area contributed by atoms with Crippen molar-refractivity contribution < 1.29 is 0 Å². The van der Waals surface area contributed by atoms with Gasteiger partial charge in [0.15, 0.2) is 0 Å². The minimum Gasteiger partial charge on any atom is -0.299 e. The van der Waals surface area contributed by atoms with Crippen LogP contribution >= 0.6 is 15.9 Å². The molecular formula is C11H16BrN3. The van der Waals surface area contributed by atoms with E-state index in [2.05, 4.69) is 37.8 Å². The Morgan fingerprint density at radius 2 is 2.07 bits per heavy atom. The largest absolute Gasteiger partial charge is 0.299 e. The highest BCUT2D eigenvalue weighted by Crippen LogP contribution is 2.33. The summed E-state index contributed by atoms with van der Waals surface area (Å²) in [5, 5.41) is 0. The standard InChI is InChI=1S/C11H16BrN3/c1-15(7-9-5-10(12)6-9)8-11-13-3-2-4-14-11/h2-4,9-10H,5-8H2,1H3. The average molecular weight is 270 g/mol. The molecule has 0 atom stereocenters. The molecule has 0 amide bonds. The average Bonchev–Trinajstić information content (AvgIpc) is 2.17. The lowest BCUT2D eigenvalue weighted by molar-refractivity contribution is 0.205. The summed E-state index contributed by atoms with van der Waals surface area (Å²) in [7, 11) is 2.14. The normalized spacial score (nSPS) is 25.3. The Labute approximate surface area is 99.0 Å². The van der Waals surface area contributed by atoms with E-state index < -0.39 is 0 Å². The van der Waals surface area contributed by atoms with Gasteiger partial charge in [0.25, 0.3) is 0 Å². The van der Waals surface area contributed by atoms with Crippen molar-refractivity contribution in [3.8, 4) is 0 Å². The second kappa shape index (κ2) is 5.03. The van der Waals surface area contributed by atoms with E-state index in [4.69, 9.17) is 0 Å². The fourth-order valence-corrected chi connectivity index (χ4v) is 3.02. The van der Waals surface area contributed by atoms with Crippen molar-refractivity contribution in [2.24, 2.45) is 5.92 Å². The Bertz CT molecular complexity index is 298. The summed E-state index contributed by atoms with van der Waals surface area (Å²) in [6, 6.07) is 1.85. The summed E-state index contributed by atoms with van der Waals surface area (Å²) in [4.78, 5) is 11.5. The Morgan fingerprint density at radius 3 is 2.67 bits per heavy atom. The van der Waals surface area contributed by atoms with Gasteiger partial charge in [-0.25, -0.2) is 9.97 Å². The van der Waals surface area contributed by atoms with Gasteiger partial charge in [-0.2, -0.15) is 0 Å². The van der Waals surface area contributed by atoms with Crippen molar-refractivity contribution in [3.05, 3.63) is 24.3 Å². The molecule has 4 heteroatoms. The van der Waals surface area contributed by atoms with Crippen LogP contribution in [0.1, 0.15) is 18.7 Å². The van der Waals surface area contributed by atoms with Crippen LogP contribution in [0.3, 0.4) is 0 Å². The molecule has 1 aliphatic carbocycles. The molecular weight excluding hydrogens is 254 g/mol. The smallest absolute Gasteiger partial charge is 0.142 e. The van der Waals surface area contributed by atoms with Crippen molar-refractivity contribution in [2.75, 3.05) is 13.6 Å². The molecule has 1 fully saturated rings. The van der Waals surface area contributed by atoms with Gasteiger partial charge in [-0.1, -0.05) is 15.9 Å². The lowest BCUT2D eigenvalue weighted by atomic mass is 9.85. The fourth-order valence-electron chi connectivity index (χ4n) is 1.96. The van der Waals surface area contributed by atoms with Crippen LogP contribution < -0.4 is 0 Å². The van der Waals surface area contributed by atoms with Crippen molar-refractivity contribution in [3.63, 3.8) is 0 Å². The van der Waals surface area contributed by atoms with Crippen molar-refractivity contribution >= 4 is 15.9 Å². The molecule has 0 aromatic carbocycles. The Kier molecular flexibility index (Phi) is 3.70. The highest BCUT2D eigenvalue weighted by atomic mass is 79.9. The third-order valence-electron chi connectivity index (χ3n) is 2.78. The van der Waals surface area contributed by atoms with Gasteiger partial charge in [0.05, 0.1) is 6.54 Å². The quantitative estimate of drug-likeness (QED) is 0.784. The second-order valence-corrected chi connectivity index (χ2v) is 5.59. The highest BCUT2D eigenvalue weighted by Gasteiger charge is 2.27. The van der Waals surface area contributed by atoms with Crippen LogP contribution in [0.15, 0.2) is 18.5 Å². The van der Waals surface area contributed by atoms with Crippen LogP contribution in [0.4, 0.5) is 0 Å². The zero-order valence-corrected chi connectivity index (χ0v) is 10.5. The molecule has 0 aliphatic heterocycles. The molecule has 1 aliphatic rings. The third kappa shape index (κ3) is 3.24. The number of alkyl halides is 1. The van der Waals surface area contributed by atoms with Crippen molar-refractivity contribution in [1.29, 1.82) is 0 Å². The molecule has 0 N–H and O–H groups in total. The SMILES string of the molecule is CN(Cc1ncccn1)CC1CC(Br)C1. The zero-order chi connectivity index (χ0) is 10.7. The lowest BCUT2D eigenvalue weighted by Crippen LogP contribution is -2.34. The lowest BCUT2D eigenvalue weighted by Gasteiger charge is -2.34. The Hall–Kier alpha value is -0.480. The van der Waals surface area contributed by atoms with Gasteiger partial charge in [0.1, 0.15) is 5.82 Å². The van der Waals surface area contributed by atoms with Crippen LogP contribution in [0.2, 0.25) is 0 Å². The van der Waals surface area contributed by atoms with Crippen molar-refractivity contribution in [2.45, 2.75) is 24.2 Å². The minimum absolute atomic E-state index is 0.754. The van der Waals surface area contributed by atoms with E-state index in [1.54, 1.807) is 12.4 Å². The van der Waals surface area contributed by atoms with Crippen LogP contribution in [0, 0.1) is 5.92 Å². The summed E-state index contributed by atoms with van der Waals surface area (Å²) in [6.07, 6.45) is 6.21. The summed E-state index contributed by atoms with van der Waals surface area (Å²) < 4.78 is 0. The fraction of sp³-hybridized carbons (Fsp3) is 0.636. The molecule has 82 valence electrons. The van der Waals surface area contributed by atoms with Crippen molar-refractivity contribution in [1.82, 2.24) is 14.9 Å². The molecule has 0 spiro atoms. The molecule has 1 saturated carbocycles. The predicted molar refractivity (Wildman–Crippen MR) is 63.8 cm³/mol. The third-order valence-corrected chi connectivity index (χ3v) is 3.53. The van der Waals surface area contributed by atoms with Crippen LogP contribution in [0.25, 0.3) is 0 Å². The van der Waals surface area contributed by atoms with Gasteiger partial charge < -0.3 is 0 Å². The van der Waals surface area contributed by atoms with E-state index in [1.165, 1.54) is 12.8 Å². The van der Waals surface area contributed by atoms with Gasteiger partial charge in [0, 0.05) is 23.8 Å². The number of aromatic nitrogens is 2. The molecule has 1 aromatic rings. The topological polar surface area (TPSA) is 29.0 Å². The Balaban J connectivity index is 1.75. The number of rotatable bonds is 4. The van der Waals surface area contributed by atoms with Crippen LogP contribution in [0.5, 0.6) is 0 Å². The number of halogens is 1.